The lowest BCUT2D eigenvalue weighted by molar-refractivity contribution is 0.147. The molecule has 0 aliphatic carbocycles. The van der Waals surface area contributed by atoms with Crippen LogP contribution in [0.1, 0.15) is 43.1 Å². The number of benzene rings is 1. The van der Waals surface area contributed by atoms with Gasteiger partial charge in [-0.15, -0.1) is 0 Å². The fourth-order valence-electron chi connectivity index (χ4n) is 3.11. The molecule has 19 heavy (non-hydrogen) atoms. The highest BCUT2D eigenvalue weighted by molar-refractivity contribution is 5.29. The van der Waals surface area contributed by atoms with Crippen LogP contribution in [0, 0.1) is 25.7 Å². The molecule has 1 saturated heterocycles. The molecule has 2 nitrogen and oxygen atoms in total. The van der Waals surface area contributed by atoms with Crippen molar-refractivity contribution in [2.24, 2.45) is 11.8 Å². The largest absolute Gasteiger partial charge is 0.388 e. The van der Waals surface area contributed by atoms with E-state index in [0.29, 0.717) is 0 Å². The van der Waals surface area contributed by atoms with Crippen LogP contribution < -0.4 is 0 Å². The van der Waals surface area contributed by atoms with Crippen LogP contribution in [0.15, 0.2) is 18.2 Å². The topological polar surface area (TPSA) is 23.5 Å². The summed E-state index contributed by atoms with van der Waals surface area (Å²) in [6.07, 6.45) is 0.507. The first-order valence-corrected chi connectivity index (χ1v) is 7.44. The summed E-state index contributed by atoms with van der Waals surface area (Å²) in [5, 5.41) is 10.3. The zero-order chi connectivity index (χ0) is 14.0. The van der Waals surface area contributed by atoms with Crippen molar-refractivity contribution in [3.05, 3.63) is 34.9 Å². The third kappa shape index (κ3) is 3.80. The molecule has 0 bridgehead atoms. The zero-order valence-electron chi connectivity index (χ0n) is 12.7. The molecule has 1 aromatic rings. The van der Waals surface area contributed by atoms with Gasteiger partial charge in [0.25, 0.3) is 0 Å². The summed E-state index contributed by atoms with van der Waals surface area (Å²) in [6.45, 7) is 12.2. The molecule has 3 atom stereocenters. The molecule has 0 aromatic heterocycles. The number of nitrogens with zero attached hydrogens (tertiary/aromatic N) is 1. The number of aliphatic hydroxyl groups excluding tert-OH is 1. The second kappa shape index (κ2) is 6.06. The van der Waals surface area contributed by atoms with E-state index in [2.05, 4.69) is 50.8 Å². The quantitative estimate of drug-likeness (QED) is 0.899. The van der Waals surface area contributed by atoms with E-state index < -0.39 is 0 Å². The number of aryl methyl sites for hydroxylation is 2. The predicted molar refractivity (Wildman–Crippen MR) is 80.3 cm³/mol. The van der Waals surface area contributed by atoms with Crippen LogP contribution in [-0.4, -0.2) is 29.6 Å². The summed E-state index contributed by atoms with van der Waals surface area (Å²) in [6, 6.07) is 6.36. The van der Waals surface area contributed by atoms with Crippen LogP contribution in [0.5, 0.6) is 0 Å². The SMILES string of the molecule is Cc1cc(C)cc(C(O)CCN2CC(C)C(C)C2)c1. The highest BCUT2D eigenvalue weighted by Crippen LogP contribution is 2.25. The Bertz CT molecular complexity index is 399. The van der Waals surface area contributed by atoms with Crippen molar-refractivity contribution >= 4 is 0 Å². The fraction of sp³-hybridized carbons (Fsp3) is 0.647. The van der Waals surface area contributed by atoms with Crippen LogP contribution >= 0.6 is 0 Å². The van der Waals surface area contributed by atoms with Crippen molar-refractivity contribution in [2.75, 3.05) is 19.6 Å². The van der Waals surface area contributed by atoms with Gasteiger partial charge in [-0.25, -0.2) is 0 Å². The molecule has 106 valence electrons. The van der Waals surface area contributed by atoms with E-state index in [1.165, 1.54) is 24.2 Å². The molecule has 2 heteroatoms. The molecular formula is C17H27NO. The number of hydrogen-bond acceptors (Lipinski definition) is 2. The molecule has 1 heterocycles. The second-order valence-corrected chi connectivity index (χ2v) is 6.44. The van der Waals surface area contributed by atoms with Gasteiger partial charge in [-0.2, -0.15) is 0 Å². The van der Waals surface area contributed by atoms with Crippen LogP contribution in [0.4, 0.5) is 0 Å². The summed E-state index contributed by atoms with van der Waals surface area (Å²) < 4.78 is 0. The Hall–Kier alpha value is -0.860. The first-order chi connectivity index (χ1) is 8.95. The van der Waals surface area contributed by atoms with Gasteiger partial charge in [0, 0.05) is 19.6 Å². The van der Waals surface area contributed by atoms with E-state index in [4.69, 9.17) is 0 Å². The van der Waals surface area contributed by atoms with Crippen molar-refractivity contribution in [3.8, 4) is 0 Å². The van der Waals surface area contributed by atoms with Crippen LogP contribution in [-0.2, 0) is 0 Å². The second-order valence-electron chi connectivity index (χ2n) is 6.44. The van der Waals surface area contributed by atoms with Gasteiger partial charge in [0.05, 0.1) is 6.10 Å². The van der Waals surface area contributed by atoms with Crippen molar-refractivity contribution in [1.29, 1.82) is 0 Å². The molecule has 1 N–H and O–H groups in total. The molecule has 1 aromatic carbocycles. The third-order valence-corrected chi connectivity index (χ3v) is 4.41. The highest BCUT2D eigenvalue weighted by Gasteiger charge is 2.26. The Balaban J connectivity index is 1.89. The van der Waals surface area contributed by atoms with Crippen LogP contribution in [0.2, 0.25) is 0 Å². The molecule has 0 spiro atoms. The lowest BCUT2D eigenvalue weighted by Crippen LogP contribution is -2.23. The van der Waals surface area contributed by atoms with Crippen LogP contribution in [0.3, 0.4) is 0 Å². The van der Waals surface area contributed by atoms with Gasteiger partial charge in [-0.05, 0) is 37.7 Å². The zero-order valence-corrected chi connectivity index (χ0v) is 12.7. The Labute approximate surface area is 117 Å². The minimum atomic E-state index is -0.329. The third-order valence-electron chi connectivity index (χ3n) is 4.41. The van der Waals surface area contributed by atoms with Crippen LogP contribution in [0.25, 0.3) is 0 Å². The first-order valence-electron chi connectivity index (χ1n) is 7.44. The van der Waals surface area contributed by atoms with Gasteiger partial charge in [0.1, 0.15) is 0 Å². The fourth-order valence-corrected chi connectivity index (χ4v) is 3.11. The van der Waals surface area contributed by atoms with Gasteiger partial charge >= 0.3 is 0 Å². The summed E-state index contributed by atoms with van der Waals surface area (Å²) >= 11 is 0. The molecule has 1 aliphatic rings. The smallest absolute Gasteiger partial charge is 0.0802 e. The lowest BCUT2D eigenvalue weighted by Gasteiger charge is -2.19. The van der Waals surface area contributed by atoms with E-state index in [1.807, 2.05) is 0 Å². The van der Waals surface area contributed by atoms with E-state index in [-0.39, 0.29) is 6.10 Å². The minimum absolute atomic E-state index is 0.329. The normalized spacial score (nSPS) is 25.7. The van der Waals surface area contributed by atoms with E-state index >= 15 is 0 Å². The molecule has 0 saturated carbocycles. The number of aliphatic hydroxyl groups is 1. The van der Waals surface area contributed by atoms with E-state index in [1.54, 1.807) is 0 Å². The molecule has 0 amide bonds. The van der Waals surface area contributed by atoms with Gasteiger partial charge in [-0.3, -0.25) is 0 Å². The Morgan fingerprint density at radius 3 is 2.16 bits per heavy atom. The summed E-state index contributed by atoms with van der Waals surface area (Å²) in [5.41, 5.74) is 3.53. The molecular weight excluding hydrogens is 234 g/mol. The average molecular weight is 261 g/mol. The highest BCUT2D eigenvalue weighted by atomic mass is 16.3. The predicted octanol–water partition coefficient (Wildman–Crippen LogP) is 3.31. The maximum Gasteiger partial charge on any atom is 0.0802 e. The minimum Gasteiger partial charge on any atom is -0.388 e. The average Bonchev–Trinajstić information content (AvgIpc) is 2.64. The number of rotatable bonds is 4. The van der Waals surface area contributed by atoms with Crippen molar-refractivity contribution in [1.82, 2.24) is 4.90 Å². The van der Waals surface area contributed by atoms with E-state index in [0.717, 1.165) is 30.4 Å². The molecule has 2 rings (SSSR count). The maximum absolute atomic E-state index is 10.3. The Morgan fingerprint density at radius 2 is 1.63 bits per heavy atom. The van der Waals surface area contributed by atoms with Gasteiger partial charge in [0.2, 0.25) is 0 Å². The molecule has 1 aliphatic heterocycles. The molecule has 3 unspecified atom stereocenters. The maximum atomic E-state index is 10.3. The monoisotopic (exact) mass is 261 g/mol. The summed E-state index contributed by atoms with van der Waals surface area (Å²) in [7, 11) is 0. The van der Waals surface area contributed by atoms with Crippen molar-refractivity contribution in [2.45, 2.75) is 40.2 Å². The van der Waals surface area contributed by atoms with Crippen molar-refractivity contribution < 1.29 is 5.11 Å². The molecule has 1 fully saturated rings. The first kappa shape index (κ1) is 14.5. The molecule has 0 radical (unpaired) electrons. The van der Waals surface area contributed by atoms with Gasteiger partial charge < -0.3 is 10.0 Å². The van der Waals surface area contributed by atoms with Gasteiger partial charge in [0.15, 0.2) is 0 Å². The van der Waals surface area contributed by atoms with Crippen molar-refractivity contribution in [3.63, 3.8) is 0 Å². The Morgan fingerprint density at radius 1 is 1.11 bits per heavy atom. The summed E-state index contributed by atoms with van der Waals surface area (Å²) in [5.74, 6) is 1.58. The van der Waals surface area contributed by atoms with Gasteiger partial charge in [-0.1, -0.05) is 43.2 Å². The number of likely N-dealkylation sites (tertiary alicyclic amines) is 1. The Kier molecular flexibility index (Phi) is 4.64. The standard InChI is InChI=1S/C17H27NO/c1-12-7-13(2)9-16(8-12)17(19)5-6-18-10-14(3)15(4)11-18/h7-9,14-15,17,19H,5-6,10-11H2,1-4H3. The number of hydrogen-bond donors (Lipinski definition) is 1. The van der Waals surface area contributed by atoms with E-state index in [9.17, 15) is 5.11 Å². The lowest BCUT2D eigenvalue weighted by atomic mass is 10.0. The summed E-state index contributed by atoms with van der Waals surface area (Å²) in [4.78, 5) is 2.49.